The standard InChI is InChI=1S/C13H12ClN3O3/c14-10-3-4-15-7-9(10)11-2-1-8(13(20)17-11)12(19)16-5-6-18/h1-4,7,18H,5-6H2,(H,16,19)(H,17,20). The number of nitrogens with one attached hydrogen (secondary N) is 2. The third kappa shape index (κ3) is 3.04. The van der Waals surface area contributed by atoms with Crippen LogP contribution in [0.5, 0.6) is 0 Å². The van der Waals surface area contributed by atoms with Crippen LogP contribution in [0, 0.1) is 0 Å². The Labute approximate surface area is 119 Å². The maximum absolute atomic E-state index is 11.9. The minimum atomic E-state index is -0.538. The number of halogens is 1. The third-order valence-corrected chi connectivity index (χ3v) is 2.94. The molecule has 0 spiro atoms. The van der Waals surface area contributed by atoms with Gasteiger partial charge in [0.05, 0.1) is 17.3 Å². The van der Waals surface area contributed by atoms with Gasteiger partial charge < -0.3 is 15.4 Å². The molecule has 0 aliphatic rings. The van der Waals surface area contributed by atoms with Gasteiger partial charge in [0.25, 0.3) is 11.5 Å². The number of hydrogen-bond acceptors (Lipinski definition) is 4. The number of pyridine rings is 2. The van der Waals surface area contributed by atoms with Gasteiger partial charge in [-0.15, -0.1) is 0 Å². The second kappa shape index (κ2) is 6.31. The summed E-state index contributed by atoms with van der Waals surface area (Å²) in [5.41, 5.74) is 0.500. The molecule has 0 radical (unpaired) electrons. The first kappa shape index (κ1) is 14.2. The third-order valence-electron chi connectivity index (χ3n) is 2.61. The zero-order valence-corrected chi connectivity index (χ0v) is 11.1. The van der Waals surface area contributed by atoms with E-state index in [4.69, 9.17) is 16.7 Å². The van der Waals surface area contributed by atoms with Crippen LogP contribution in [0.4, 0.5) is 0 Å². The van der Waals surface area contributed by atoms with Crippen molar-refractivity contribution in [3.63, 3.8) is 0 Å². The number of rotatable bonds is 4. The molecule has 3 N–H and O–H groups in total. The van der Waals surface area contributed by atoms with E-state index in [1.807, 2.05) is 0 Å². The number of carbonyl (C=O) groups excluding carboxylic acids is 1. The van der Waals surface area contributed by atoms with Crippen LogP contribution in [-0.2, 0) is 0 Å². The summed E-state index contributed by atoms with van der Waals surface area (Å²) in [5, 5.41) is 11.5. The van der Waals surface area contributed by atoms with Crippen LogP contribution in [0.2, 0.25) is 5.02 Å². The lowest BCUT2D eigenvalue weighted by Gasteiger charge is -2.06. The fourth-order valence-electron chi connectivity index (χ4n) is 1.65. The highest BCUT2D eigenvalue weighted by atomic mass is 35.5. The van der Waals surface area contributed by atoms with Gasteiger partial charge >= 0.3 is 0 Å². The monoisotopic (exact) mass is 293 g/mol. The second-order valence-corrected chi connectivity index (χ2v) is 4.36. The number of H-pyrrole nitrogens is 1. The number of aromatic nitrogens is 2. The van der Waals surface area contributed by atoms with Gasteiger partial charge in [-0.3, -0.25) is 14.6 Å². The number of nitrogens with zero attached hydrogens (tertiary/aromatic N) is 1. The lowest BCUT2D eigenvalue weighted by molar-refractivity contribution is 0.0943. The van der Waals surface area contributed by atoms with Gasteiger partial charge in [-0.2, -0.15) is 0 Å². The summed E-state index contributed by atoms with van der Waals surface area (Å²) in [6, 6.07) is 4.60. The van der Waals surface area contributed by atoms with Gasteiger partial charge in [-0.25, -0.2) is 0 Å². The van der Waals surface area contributed by atoms with Crippen LogP contribution < -0.4 is 10.9 Å². The van der Waals surface area contributed by atoms with Crippen LogP contribution in [0.3, 0.4) is 0 Å². The van der Waals surface area contributed by atoms with Crippen molar-refractivity contribution in [2.75, 3.05) is 13.2 Å². The fraction of sp³-hybridized carbons (Fsp3) is 0.154. The van der Waals surface area contributed by atoms with Crippen molar-refractivity contribution in [3.05, 3.63) is 51.5 Å². The molecule has 0 aromatic carbocycles. The molecule has 2 aromatic rings. The summed E-state index contributed by atoms with van der Waals surface area (Å²) in [7, 11) is 0. The zero-order valence-electron chi connectivity index (χ0n) is 10.4. The van der Waals surface area contributed by atoms with E-state index in [1.54, 1.807) is 18.3 Å². The van der Waals surface area contributed by atoms with Crippen LogP contribution in [0.15, 0.2) is 35.4 Å². The number of aromatic amines is 1. The highest BCUT2D eigenvalue weighted by Gasteiger charge is 2.11. The molecule has 0 aliphatic carbocycles. The molecule has 0 saturated carbocycles. The highest BCUT2D eigenvalue weighted by Crippen LogP contribution is 2.23. The van der Waals surface area contributed by atoms with Gasteiger partial charge in [0, 0.05) is 24.5 Å². The molecule has 1 amide bonds. The van der Waals surface area contributed by atoms with E-state index < -0.39 is 11.5 Å². The number of aliphatic hydroxyl groups is 1. The van der Waals surface area contributed by atoms with E-state index in [0.717, 1.165) is 0 Å². The second-order valence-electron chi connectivity index (χ2n) is 3.95. The Morgan fingerprint density at radius 1 is 1.40 bits per heavy atom. The average molecular weight is 294 g/mol. The number of amides is 1. The summed E-state index contributed by atoms with van der Waals surface area (Å²) in [5.74, 6) is -0.538. The van der Waals surface area contributed by atoms with Crippen molar-refractivity contribution >= 4 is 17.5 Å². The first-order valence-electron chi connectivity index (χ1n) is 5.85. The summed E-state index contributed by atoms with van der Waals surface area (Å²) >= 11 is 6.01. The Morgan fingerprint density at radius 3 is 2.85 bits per heavy atom. The predicted molar refractivity (Wildman–Crippen MR) is 74.7 cm³/mol. The lowest BCUT2D eigenvalue weighted by atomic mass is 10.1. The molecule has 2 rings (SSSR count). The molecule has 7 heteroatoms. The smallest absolute Gasteiger partial charge is 0.261 e. The van der Waals surface area contributed by atoms with E-state index in [2.05, 4.69) is 15.3 Å². The van der Waals surface area contributed by atoms with E-state index in [1.165, 1.54) is 12.3 Å². The van der Waals surface area contributed by atoms with Gasteiger partial charge in [0.1, 0.15) is 5.56 Å². The van der Waals surface area contributed by atoms with Gasteiger partial charge in [0.15, 0.2) is 0 Å². The highest BCUT2D eigenvalue weighted by molar-refractivity contribution is 6.33. The molecular weight excluding hydrogens is 282 g/mol. The normalized spacial score (nSPS) is 10.3. The Kier molecular flexibility index (Phi) is 4.49. The van der Waals surface area contributed by atoms with Gasteiger partial charge in [-0.1, -0.05) is 11.6 Å². The first-order valence-corrected chi connectivity index (χ1v) is 6.23. The van der Waals surface area contributed by atoms with E-state index >= 15 is 0 Å². The Morgan fingerprint density at radius 2 is 2.20 bits per heavy atom. The van der Waals surface area contributed by atoms with Crippen molar-refractivity contribution < 1.29 is 9.90 Å². The molecule has 2 heterocycles. The fourth-order valence-corrected chi connectivity index (χ4v) is 1.86. The van der Waals surface area contributed by atoms with Crippen molar-refractivity contribution in [3.8, 4) is 11.3 Å². The van der Waals surface area contributed by atoms with Crippen LogP contribution in [0.1, 0.15) is 10.4 Å². The molecule has 0 atom stereocenters. The molecule has 0 fully saturated rings. The van der Waals surface area contributed by atoms with Gasteiger partial charge in [-0.05, 0) is 18.2 Å². The molecule has 20 heavy (non-hydrogen) atoms. The van der Waals surface area contributed by atoms with Crippen molar-refractivity contribution in [1.29, 1.82) is 0 Å². The van der Waals surface area contributed by atoms with Crippen molar-refractivity contribution in [1.82, 2.24) is 15.3 Å². The average Bonchev–Trinajstić information content (AvgIpc) is 2.45. The molecule has 0 saturated heterocycles. The van der Waals surface area contributed by atoms with Crippen LogP contribution >= 0.6 is 11.6 Å². The molecule has 2 aromatic heterocycles. The molecular formula is C13H12ClN3O3. The largest absolute Gasteiger partial charge is 0.395 e. The molecule has 0 unspecified atom stereocenters. The minimum absolute atomic E-state index is 0.0257. The molecule has 0 bridgehead atoms. The summed E-state index contributed by atoms with van der Waals surface area (Å²) < 4.78 is 0. The SMILES string of the molecule is O=C(NCCO)c1ccc(-c2cnccc2Cl)[nH]c1=O. The van der Waals surface area contributed by atoms with E-state index in [0.29, 0.717) is 16.3 Å². The van der Waals surface area contributed by atoms with Crippen LogP contribution in [-0.4, -0.2) is 34.1 Å². The maximum atomic E-state index is 11.9. The summed E-state index contributed by atoms with van der Waals surface area (Å²) in [6.45, 7) is -0.0958. The van der Waals surface area contributed by atoms with Gasteiger partial charge in [0.2, 0.25) is 0 Å². The number of carbonyl (C=O) groups is 1. The summed E-state index contributed by atoms with van der Waals surface area (Å²) in [4.78, 5) is 30.1. The minimum Gasteiger partial charge on any atom is -0.395 e. The molecule has 104 valence electrons. The van der Waals surface area contributed by atoms with E-state index in [9.17, 15) is 9.59 Å². The molecule has 0 aliphatic heterocycles. The lowest BCUT2D eigenvalue weighted by Crippen LogP contribution is -2.31. The van der Waals surface area contributed by atoms with Crippen molar-refractivity contribution in [2.24, 2.45) is 0 Å². The summed E-state index contributed by atoms with van der Waals surface area (Å²) in [6.07, 6.45) is 3.07. The van der Waals surface area contributed by atoms with Crippen molar-refractivity contribution in [2.45, 2.75) is 0 Å². The Bertz CT molecular complexity index is 685. The molecule has 6 nitrogen and oxygen atoms in total. The first-order chi connectivity index (χ1) is 9.63. The predicted octanol–water partition coefficient (Wildman–Crippen LogP) is 0.812. The maximum Gasteiger partial charge on any atom is 0.261 e. The van der Waals surface area contributed by atoms with E-state index in [-0.39, 0.29) is 18.7 Å². The zero-order chi connectivity index (χ0) is 14.5. The quantitative estimate of drug-likeness (QED) is 0.777. The number of hydrogen-bond donors (Lipinski definition) is 3. The Balaban J connectivity index is 2.33. The number of aliphatic hydroxyl groups excluding tert-OH is 1. The Hall–Kier alpha value is -2.18. The topological polar surface area (TPSA) is 95.1 Å². The van der Waals surface area contributed by atoms with Crippen LogP contribution in [0.25, 0.3) is 11.3 Å².